The van der Waals surface area contributed by atoms with Crippen LogP contribution in [0.5, 0.6) is 0 Å². The van der Waals surface area contributed by atoms with Gasteiger partial charge in [0.05, 0.1) is 27.6 Å². The molecule has 3 heterocycles. The highest BCUT2D eigenvalue weighted by Gasteiger charge is 2.18. The number of nitrogens with zero attached hydrogens (tertiary/aromatic N) is 3. The van der Waals surface area contributed by atoms with Crippen molar-refractivity contribution in [2.24, 2.45) is 0 Å². The Morgan fingerprint density at radius 3 is 1.77 bits per heavy atom. The van der Waals surface area contributed by atoms with Crippen molar-refractivity contribution < 1.29 is 4.42 Å². The minimum atomic E-state index is 0.594. The average molecular weight is 602 g/mol. The summed E-state index contributed by atoms with van der Waals surface area (Å²) in [5.74, 6) is 0.594. The van der Waals surface area contributed by atoms with Crippen LogP contribution < -0.4 is 0 Å². The van der Waals surface area contributed by atoms with Crippen LogP contribution in [0.2, 0.25) is 0 Å². The summed E-state index contributed by atoms with van der Waals surface area (Å²) in [5, 5.41) is 2.49. The average Bonchev–Trinajstić information content (AvgIpc) is 3.80. The Morgan fingerprint density at radius 1 is 0.426 bits per heavy atom. The van der Waals surface area contributed by atoms with E-state index in [-0.39, 0.29) is 0 Å². The van der Waals surface area contributed by atoms with Crippen LogP contribution in [-0.2, 0) is 0 Å². The third-order valence-corrected chi connectivity index (χ3v) is 9.37. The van der Waals surface area contributed by atoms with E-state index >= 15 is 0 Å². The maximum Gasteiger partial charge on any atom is 0.307 e. The molecular formula is C43H27N3O. The molecule has 0 saturated carbocycles. The highest BCUT2D eigenvalue weighted by Crippen LogP contribution is 2.37. The first kappa shape index (κ1) is 25.9. The molecule has 4 nitrogen and oxygen atoms in total. The fraction of sp³-hybridized carbons (Fsp3) is 0. The number of oxazole rings is 1. The van der Waals surface area contributed by atoms with Crippen molar-refractivity contribution >= 4 is 49.8 Å². The molecule has 0 unspecified atom stereocenters. The zero-order valence-corrected chi connectivity index (χ0v) is 25.3. The predicted molar refractivity (Wildman–Crippen MR) is 193 cm³/mol. The van der Waals surface area contributed by atoms with Crippen molar-refractivity contribution in [3.05, 3.63) is 164 Å². The van der Waals surface area contributed by atoms with Gasteiger partial charge in [-0.25, -0.2) is 0 Å². The van der Waals surface area contributed by atoms with E-state index in [4.69, 9.17) is 9.40 Å². The Labute approximate surface area is 270 Å². The molecule has 0 saturated heterocycles. The van der Waals surface area contributed by atoms with Crippen molar-refractivity contribution in [2.45, 2.75) is 0 Å². The van der Waals surface area contributed by atoms with Crippen LogP contribution >= 0.6 is 0 Å². The molecule has 0 bridgehead atoms. The number of hydrogen-bond donors (Lipinski definition) is 0. The number of hydrogen-bond acceptors (Lipinski definition) is 2. The van der Waals surface area contributed by atoms with Crippen LogP contribution in [-0.4, -0.2) is 14.0 Å². The van der Waals surface area contributed by atoms with Gasteiger partial charge in [0.2, 0.25) is 0 Å². The lowest BCUT2D eigenvalue weighted by molar-refractivity contribution is 0.644. The summed E-state index contributed by atoms with van der Waals surface area (Å²) in [6.07, 6.45) is 0. The van der Waals surface area contributed by atoms with Crippen LogP contribution in [0.15, 0.2) is 168 Å². The molecule has 0 fully saturated rings. The van der Waals surface area contributed by atoms with Crippen LogP contribution in [0.3, 0.4) is 0 Å². The Bertz CT molecular complexity index is 2730. The monoisotopic (exact) mass is 601 g/mol. The van der Waals surface area contributed by atoms with Gasteiger partial charge in [0.15, 0.2) is 5.58 Å². The Morgan fingerprint density at radius 2 is 1.02 bits per heavy atom. The van der Waals surface area contributed by atoms with E-state index in [1.807, 2.05) is 0 Å². The van der Waals surface area contributed by atoms with Gasteiger partial charge in [-0.15, -0.1) is 0 Å². The summed E-state index contributed by atoms with van der Waals surface area (Å²) < 4.78 is 11.0. The molecule has 0 aliphatic heterocycles. The van der Waals surface area contributed by atoms with Crippen molar-refractivity contribution in [3.8, 4) is 39.1 Å². The van der Waals surface area contributed by atoms with Crippen LogP contribution in [0.25, 0.3) is 88.9 Å². The third-order valence-electron chi connectivity index (χ3n) is 9.37. The van der Waals surface area contributed by atoms with Crippen LogP contribution in [0, 0.1) is 0 Å². The van der Waals surface area contributed by atoms with E-state index in [9.17, 15) is 0 Å². The molecule has 220 valence electrons. The third kappa shape index (κ3) is 3.98. The van der Waals surface area contributed by atoms with Crippen molar-refractivity contribution in [2.75, 3.05) is 0 Å². The maximum atomic E-state index is 6.52. The van der Waals surface area contributed by atoms with Gasteiger partial charge in [0.1, 0.15) is 0 Å². The van der Waals surface area contributed by atoms with Gasteiger partial charge < -0.3 is 8.98 Å². The molecule has 10 rings (SSSR count). The highest BCUT2D eigenvalue weighted by atomic mass is 16.4. The van der Waals surface area contributed by atoms with E-state index in [1.54, 1.807) is 0 Å². The Kier molecular flexibility index (Phi) is 5.54. The molecule has 0 radical (unpaired) electrons. The van der Waals surface area contributed by atoms with E-state index in [2.05, 4.69) is 173 Å². The van der Waals surface area contributed by atoms with E-state index in [0.717, 1.165) is 38.9 Å². The molecule has 4 heteroatoms. The standard InChI is InChI=1S/C43H27N3O/c1-2-10-28(11-3-1)31-12-8-13-32(26-31)29-20-22-30(23-21-29)34-16-9-19-41-42(34)47-43-44-37-27-33(24-25-40(37)46(41)43)45-38-17-6-4-14-35(38)36-15-5-7-18-39(36)45/h1-27H. The number of benzene rings is 7. The summed E-state index contributed by atoms with van der Waals surface area (Å²) in [5.41, 5.74) is 14.2. The molecule has 0 aliphatic rings. The highest BCUT2D eigenvalue weighted by molar-refractivity contribution is 6.09. The predicted octanol–water partition coefficient (Wildman–Crippen LogP) is 11.3. The molecule has 0 aliphatic carbocycles. The molecule has 7 aromatic carbocycles. The molecule has 0 atom stereocenters. The zero-order valence-electron chi connectivity index (χ0n) is 25.3. The van der Waals surface area contributed by atoms with Crippen LogP contribution in [0.1, 0.15) is 0 Å². The topological polar surface area (TPSA) is 35.4 Å². The maximum absolute atomic E-state index is 6.52. The summed E-state index contributed by atoms with van der Waals surface area (Å²) in [7, 11) is 0. The zero-order chi connectivity index (χ0) is 30.9. The van der Waals surface area contributed by atoms with Gasteiger partial charge in [-0.1, -0.05) is 121 Å². The molecule has 47 heavy (non-hydrogen) atoms. The van der Waals surface area contributed by atoms with Crippen LogP contribution in [0.4, 0.5) is 0 Å². The lowest BCUT2D eigenvalue weighted by atomic mass is 9.97. The van der Waals surface area contributed by atoms with Gasteiger partial charge in [0, 0.05) is 22.0 Å². The smallest absolute Gasteiger partial charge is 0.307 e. The summed E-state index contributed by atoms with van der Waals surface area (Å²) in [4.78, 5) is 4.99. The number of rotatable bonds is 4. The molecule has 3 aromatic heterocycles. The molecular weight excluding hydrogens is 574 g/mol. The van der Waals surface area contributed by atoms with E-state index in [0.29, 0.717) is 5.84 Å². The van der Waals surface area contributed by atoms with Gasteiger partial charge in [0.25, 0.3) is 0 Å². The fourth-order valence-electron chi connectivity index (χ4n) is 7.17. The largest absolute Gasteiger partial charge is 0.422 e. The van der Waals surface area contributed by atoms with E-state index in [1.165, 1.54) is 44.1 Å². The SMILES string of the molecule is c1ccc(-c2cccc(-c3ccc(-c4cccc5c4oc4nc6cc(-n7c8ccccc8c8ccccc87)ccc6n45)cc3)c2)cc1. The second-order valence-corrected chi connectivity index (χ2v) is 12.1. The first-order valence-corrected chi connectivity index (χ1v) is 15.9. The summed E-state index contributed by atoms with van der Waals surface area (Å²) in [6.45, 7) is 0. The van der Waals surface area contributed by atoms with Crippen molar-refractivity contribution in [1.82, 2.24) is 14.0 Å². The quantitative estimate of drug-likeness (QED) is 0.201. The molecule has 0 amide bonds. The fourth-order valence-corrected chi connectivity index (χ4v) is 7.17. The minimum absolute atomic E-state index is 0.594. The lowest BCUT2D eigenvalue weighted by Gasteiger charge is -2.08. The number of imidazole rings is 1. The Balaban J connectivity index is 1.05. The molecule has 10 aromatic rings. The van der Waals surface area contributed by atoms with Crippen molar-refractivity contribution in [1.29, 1.82) is 0 Å². The minimum Gasteiger partial charge on any atom is -0.422 e. The molecule has 0 spiro atoms. The normalized spacial score (nSPS) is 11.8. The van der Waals surface area contributed by atoms with Crippen molar-refractivity contribution in [3.63, 3.8) is 0 Å². The van der Waals surface area contributed by atoms with Gasteiger partial charge in [-0.2, -0.15) is 4.98 Å². The molecule has 0 N–H and O–H groups in total. The first-order chi connectivity index (χ1) is 23.3. The summed E-state index contributed by atoms with van der Waals surface area (Å²) >= 11 is 0. The second kappa shape index (κ2) is 10.1. The first-order valence-electron chi connectivity index (χ1n) is 15.9. The second-order valence-electron chi connectivity index (χ2n) is 12.1. The van der Waals surface area contributed by atoms with E-state index < -0.39 is 0 Å². The number of aromatic nitrogens is 3. The lowest BCUT2D eigenvalue weighted by Crippen LogP contribution is -1.93. The van der Waals surface area contributed by atoms with Gasteiger partial charge >= 0.3 is 5.84 Å². The Hall–Kier alpha value is -6.39. The van der Waals surface area contributed by atoms with Gasteiger partial charge in [-0.05, 0) is 70.3 Å². The van der Waals surface area contributed by atoms with Gasteiger partial charge in [-0.3, -0.25) is 4.40 Å². The number of para-hydroxylation sites is 3. The summed E-state index contributed by atoms with van der Waals surface area (Å²) in [6, 6.07) is 58.0. The number of fused-ring (bicyclic) bond motifs is 8.